The monoisotopic (exact) mass is 382 g/mol. The highest BCUT2D eigenvalue weighted by molar-refractivity contribution is 7.13. The number of Topliss-reactive ketones (excluding diaryl/α,β-unsaturated/α-hetero) is 1. The minimum atomic E-state index is -0.637. The van der Waals surface area contributed by atoms with Crippen LogP contribution < -0.4 is 10.1 Å². The van der Waals surface area contributed by atoms with Gasteiger partial charge in [0.1, 0.15) is 5.75 Å². The molecule has 0 atom stereocenters. The van der Waals surface area contributed by atoms with Gasteiger partial charge in [0.2, 0.25) is 5.78 Å². The van der Waals surface area contributed by atoms with Gasteiger partial charge in [0.05, 0.1) is 12.7 Å². The first-order chi connectivity index (χ1) is 13.2. The first-order valence-corrected chi connectivity index (χ1v) is 9.12. The quantitative estimate of drug-likeness (QED) is 0.472. The summed E-state index contributed by atoms with van der Waals surface area (Å²) in [6, 6.07) is 16.7. The number of benzene rings is 2. The summed E-state index contributed by atoms with van der Waals surface area (Å²) in [7, 11) is 1.48. The Hall–Kier alpha value is -3.19. The third-order valence-electron chi connectivity index (χ3n) is 3.74. The molecule has 0 radical (unpaired) electrons. The average molecular weight is 382 g/mol. The number of hydrogen-bond donors (Lipinski definition) is 1. The van der Waals surface area contributed by atoms with Crippen LogP contribution in [0.3, 0.4) is 0 Å². The van der Waals surface area contributed by atoms with E-state index in [9.17, 15) is 9.59 Å². The average Bonchev–Trinajstić information content (AvgIpc) is 3.20. The SMILES string of the molecule is COc1ccccc1C(=O)COC(=O)c1csc(NCc2ccccc2)n1. The van der Waals surface area contributed by atoms with Crippen LogP contribution in [-0.4, -0.2) is 30.5 Å². The summed E-state index contributed by atoms with van der Waals surface area (Å²) in [5.74, 6) is -0.527. The molecule has 0 fully saturated rings. The molecular formula is C20H18N2O4S. The van der Waals surface area contributed by atoms with Crippen LogP contribution in [0.2, 0.25) is 0 Å². The number of para-hydroxylation sites is 1. The van der Waals surface area contributed by atoms with E-state index < -0.39 is 5.97 Å². The maximum Gasteiger partial charge on any atom is 0.358 e. The lowest BCUT2D eigenvalue weighted by atomic mass is 10.1. The van der Waals surface area contributed by atoms with Crippen molar-refractivity contribution in [1.29, 1.82) is 0 Å². The second kappa shape index (κ2) is 8.95. The van der Waals surface area contributed by atoms with E-state index in [1.807, 2.05) is 30.3 Å². The van der Waals surface area contributed by atoms with Gasteiger partial charge >= 0.3 is 5.97 Å². The molecule has 0 bridgehead atoms. The van der Waals surface area contributed by atoms with E-state index in [0.717, 1.165) is 5.56 Å². The molecule has 0 unspecified atom stereocenters. The predicted octanol–water partition coefficient (Wildman–Crippen LogP) is 3.80. The second-order valence-electron chi connectivity index (χ2n) is 5.58. The molecule has 1 heterocycles. The molecular weight excluding hydrogens is 364 g/mol. The Morgan fingerprint density at radius 1 is 1.07 bits per heavy atom. The van der Waals surface area contributed by atoms with Crippen LogP contribution in [0.15, 0.2) is 60.0 Å². The molecule has 0 spiro atoms. The van der Waals surface area contributed by atoms with Gasteiger partial charge in [-0.05, 0) is 17.7 Å². The third kappa shape index (κ3) is 4.92. The number of anilines is 1. The molecule has 27 heavy (non-hydrogen) atoms. The molecule has 6 nitrogen and oxygen atoms in total. The zero-order valence-electron chi connectivity index (χ0n) is 14.7. The van der Waals surface area contributed by atoms with Crippen LogP contribution in [-0.2, 0) is 11.3 Å². The van der Waals surface area contributed by atoms with Gasteiger partial charge in [-0.25, -0.2) is 9.78 Å². The Kier molecular flexibility index (Phi) is 6.17. The third-order valence-corrected chi connectivity index (χ3v) is 4.54. The molecule has 3 rings (SSSR count). The lowest BCUT2D eigenvalue weighted by molar-refractivity contribution is 0.0469. The van der Waals surface area contributed by atoms with E-state index >= 15 is 0 Å². The number of aromatic nitrogens is 1. The van der Waals surface area contributed by atoms with Gasteiger partial charge < -0.3 is 14.8 Å². The van der Waals surface area contributed by atoms with Crippen LogP contribution in [0.5, 0.6) is 5.75 Å². The minimum Gasteiger partial charge on any atom is -0.496 e. The first-order valence-electron chi connectivity index (χ1n) is 8.24. The van der Waals surface area contributed by atoms with E-state index in [-0.39, 0.29) is 18.1 Å². The standard InChI is InChI=1S/C20H18N2O4S/c1-25-18-10-6-5-9-15(18)17(23)12-26-19(24)16-13-27-20(22-16)21-11-14-7-3-2-4-8-14/h2-10,13H,11-12H2,1H3,(H,21,22). The number of thiazole rings is 1. The number of nitrogens with one attached hydrogen (secondary N) is 1. The Morgan fingerprint density at radius 2 is 1.81 bits per heavy atom. The molecule has 0 aliphatic carbocycles. The van der Waals surface area contributed by atoms with Gasteiger partial charge in [0.25, 0.3) is 0 Å². The largest absolute Gasteiger partial charge is 0.496 e. The van der Waals surface area contributed by atoms with E-state index in [1.54, 1.807) is 29.6 Å². The van der Waals surface area contributed by atoms with Crippen molar-refractivity contribution in [2.45, 2.75) is 6.54 Å². The number of rotatable bonds is 8. The van der Waals surface area contributed by atoms with Crippen molar-refractivity contribution in [2.75, 3.05) is 19.0 Å². The molecule has 2 aromatic carbocycles. The van der Waals surface area contributed by atoms with E-state index in [1.165, 1.54) is 18.4 Å². The number of methoxy groups -OCH3 is 1. The van der Waals surface area contributed by atoms with Crippen molar-refractivity contribution in [3.05, 3.63) is 76.8 Å². The molecule has 1 aromatic heterocycles. The Balaban J connectivity index is 1.54. The highest BCUT2D eigenvalue weighted by atomic mass is 32.1. The number of carbonyl (C=O) groups excluding carboxylic acids is 2. The maximum atomic E-state index is 12.2. The van der Waals surface area contributed by atoms with Crippen molar-refractivity contribution in [3.8, 4) is 5.75 Å². The Labute approximate surface area is 160 Å². The Morgan fingerprint density at radius 3 is 2.59 bits per heavy atom. The van der Waals surface area contributed by atoms with E-state index in [2.05, 4.69) is 10.3 Å². The summed E-state index contributed by atoms with van der Waals surface area (Å²) in [6.45, 7) is 0.235. The van der Waals surface area contributed by atoms with Gasteiger partial charge in [0, 0.05) is 11.9 Å². The van der Waals surface area contributed by atoms with Gasteiger partial charge in [0.15, 0.2) is 17.4 Å². The van der Waals surface area contributed by atoms with Crippen LogP contribution >= 0.6 is 11.3 Å². The van der Waals surface area contributed by atoms with Crippen molar-refractivity contribution in [1.82, 2.24) is 4.98 Å². The van der Waals surface area contributed by atoms with E-state index in [4.69, 9.17) is 9.47 Å². The molecule has 7 heteroatoms. The normalized spacial score (nSPS) is 10.3. The van der Waals surface area contributed by atoms with Gasteiger partial charge in [-0.2, -0.15) is 0 Å². The number of carbonyl (C=O) groups is 2. The van der Waals surface area contributed by atoms with Gasteiger partial charge in [-0.1, -0.05) is 42.5 Å². The van der Waals surface area contributed by atoms with Crippen molar-refractivity contribution in [2.24, 2.45) is 0 Å². The number of esters is 1. The molecule has 0 aliphatic rings. The van der Waals surface area contributed by atoms with Crippen LogP contribution in [0.1, 0.15) is 26.4 Å². The minimum absolute atomic E-state index is 0.170. The van der Waals surface area contributed by atoms with Crippen molar-refractivity contribution >= 4 is 28.2 Å². The zero-order valence-corrected chi connectivity index (χ0v) is 15.5. The van der Waals surface area contributed by atoms with E-state index in [0.29, 0.717) is 23.0 Å². The number of nitrogens with zero attached hydrogens (tertiary/aromatic N) is 1. The summed E-state index contributed by atoms with van der Waals surface area (Å²) in [5.41, 5.74) is 1.65. The zero-order chi connectivity index (χ0) is 19.1. The predicted molar refractivity (Wildman–Crippen MR) is 103 cm³/mol. The lowest BCUT2D eigenvalue weighted by Crippen LogP contribution is -2.15. The summed E-state index contributed by atoms with van der Waals surface area (Å²) in [6.07, 6.45) is 0. The number of ether oxygens (including phenoxy) is 2. The smallest absolute Gasteiger partial charge is 0.358 e. The topological polar surface area (TPSA) is 77.5 Å². The number of hydrogen-bond acceptors (Lipinski definition) is 7. The Bertz CT molecular complexity index is 924. The van der Waals surface area contributed by atoms with Crippen LogP contribution in [0.4, 0.5) is 5.13 Å². The molecule has 0 saturated heterocycles. The van der Waals surface area contributed by atoms with Crippen molar-refractivity contribution in [3.63, 3.8) is 0 Å². The highest BCUT2D eigenvalue weighted by Gasteiger charge is 2.17. The van der Waals surface area contributed by atoms with Gasteiger partial charge in [-0.15, -0.1) is 11.3 Å². The highest BCUT2D eigenvalue weighted by Crippen LogP contribution is 2.19. The lowest BCUT2D eigenvalue weighted by Gasteiger charge is -2.07. The van der Waals surface area contributed by atoms with Crippen LogP contribution in [0, 0.1) is 0 Å². The molecule has 0 aliphatic heterocycles. The van der Waals surface area contributed by atoms with Gasteiger partial charge in [-0.3, -0.25) is 4.79 Å². The van der Waals surface area contributed by atoms with Crippen LogP contribution in [0.25, 0.3) is 0 Å². The first kappa shape index (κ1) is 18.6. The molecule has 0 amide bonds. The summed E-state index contributed by atoms with van der Waals surface area (Å²) >= 11 is 1.31. The molecule has 0 saturated carbocycles. The fraction of sp³-hybridized carbons (Fsp3) is 0.150. The summed E-state index contributed by atoms with van der Waals surface area (Å²) < 4.78 is 10.2. The van der Waals surface area contributed by atoms with Crippen molar-refractivity contribution < 1.29 is 19.1 Å². The maximum absolute atomic E-state index is 12.2. The fourth-order valence-corrected chi connectivity index (χ4v) is 3.06. The number of ketones is 1. The fourth-order valence-electron chi connectivity index (χ4n) is 2.38. The molecule has 3 aromatic rings. The molecule has 138 valence electrons. The summed E-state index contributed by atoms with van der Waals surface area (Å²) in [4.78, 5) is 28.6. The molecule has 1 N–H and O–H groups in total. The summed E-state index contributed by atoms with van der Waals surface area (Å²) in [5, 5.41) is 5.37. The second-order valence-corrected chi connectivity index (χ2v) is 6.43.